The molecule has 148 heavy (non-hydrogen) atoms. The maximum absolute atomic E-state index is 13.2. The molecule has 6 aliphatic heterocycles. The number of aromatic nitrogens is 15. The number of methoxy groups -OCH3 is 1. The Morgan fingerprint density at radius 3 is 0.885 bits per heavy atom. The average molecular weight is 1980 g/mol. The quantitative estimate of drug-likeness (QED) is 0.0563. The lowest BCUT2D eigenvalue weighted by atomic mass is 10.1. The summed E-state index contributed by atoms with van der Waals surface area (Å²) in [7, 11) is 1.69. The van der Waals surface area contributed by atoms with Crippen molar-refractivity contribution in [1.29, 1.82) is 0 Å². The van der Waals surface area contributed by atoms with Gasteiger partial charge in [0.15, 0.2) is 0 Å². The van der Waals surface area contributed by atoms with Crippen molar-refractivity contribution in [2.45, 2.75) is 106 Å². The van der Waals surface area contributed by atoms with Crippen LogP contribution in [0.25, 0.3) is 54.5 Å². The molecule has 0 radical (unpaired) electrons. The summed E-state index contributed by atoms with van der Waals surface area (Å²) in [6.07, 6.45) is 23.0. The third-order valence-electron chi connectivity index (χ3n) is 28.4. The van der Waals surface area contributed by atoms with Crippen LogP contribution in [0.15, 0.2) is 250 Å². The van der Waals surface area contributed by atoms with Crippen LogP contribution in [0.4, 0.5) is 68.1 Å². The second kappa shape index (κ2) is 48.2. The van der Waals surface area contributed by atoms with Crippen LogP contribution in [-0.4, -0.2) is 249 Å². The summed E-state index contributed by atoms with van der Waals surface area (Å²) < 4.78 is 18.5. The van der Waals surface area contributed by atoms with Gasteiger partial charge < -0.3 is 68.8 Å². The van der Waals surface area contributed by atoms with E-state index in [4.69, 9.17) is 44.9 Å². The molecule has 760 valence electrons. The monoisotopic (exact) mass is 1980 g/mol. The van der Waals surface area contributed by atoms with Gasteiger partial charge in [0, 0.05) is 299 Å². The number of aryl methyl sites for hydroxylation is 9. The second-order valence-corrected chi connectivity index (χ2v) is 39.1. The van der Waals surface area contributed by atoms with Gasteiger partial charge in [0.1, 0.15) is 40.7 Å². The Morgan fingerprint density at radius 1 is 0.264 bits per heavy atom. The van der Waals surface area contributed by atoms with Crippen molar-refractivity contribution in [3.8, 4) is 5.75 Å². The third-order valence-corrected chi connectivity index (χ3v) is 28.4. The molecular formula is C118H133FN26O3. The van der Waals surface area contributed by atoms with Crippen LogP contribution in [-0.2, 0) is 25.7 Å². The fraction of sp³-hybridized carbons (Fsp3) is 0.347. The van der Waals surface area contributed by atoms with Gasteiger partial charge in [-0.2, -0.15) is 4.98 Å². The summed E-state index contributed by atoms with van der Waals surface area (Å²) in [5.41, 5.74) is 24.0. The zero-order valence-electron chi connectivity index (χ0n) is 86.3. The largest absolute Gasteiger partial charge is 0.497 e. The van der Waals surface area contributed by atoms with Crippen LogP contribution in [0.3, 0.4) is 0 Å². The Labute approximate surface area is 866 Å². The minimum Gasteiger partial charge on any atom is -0.497 e. The predicted octanol–water partition coefficient (Wildman–Crippen LogP) is 18.1. The van der Waals surface area contributed by atoms with Gasteiger partial charge in [-0.1, -0.05) is 84.9 Å². The number of aliphatic hydroxyl groups is 2. The lowest BCUT2D eigenvalue weighted by molar-refractivity contribution is 0.284. The smallest absolute Gasteiger partial charge is 0.227 e. The highest BCUT2D eigenvalue weighted by Gasteiger charge is 2.29. The first-order chi connectivity index (χ1) is 72.4. The Kier molecular flexibility index (Phi) is 32.9. The summed E-state index contributed by atoms with van der Waals surface area (Å²) in [4.78, 5) is 95.4. The van der Waals surface area contributed by atoms with Gasteiger partial charge in [0.2, 0.25) is 17.8 Å². The molecule has 6 fully saturated rings. The van der Waals surface area contributed by atoms with Crippen molar-refractivity contribution in [3.05, 3.63) is 329 Å². The van der Waals surface area contributed by atoms with E-state index in [0.29, 0.717) is 19.3 Å². The topological polar surface area (TPSA) is 279 Å². The molecule has 0 spiro atoms. The van der Waals surface area contributed by atoms with Crippen molar-refractivity contribution in [3.63, 3.8) is 0 Å². The molecule has 7 aromatic carbocycles. The Bertz CT molecular complexity index is 7350. The molecule has 0 saturated carbocycles. The number of halogens is 1. The molecule has 30 heteroatoms. The molecule has 6 saturated heterocycles. The number of unbranched alkanes of at least 4 members (excludes halogenated alkanes) is 1. The van der Waals surface area contributed by atoms with Crippen molar-refractivity contribution in [2.75, 3.05) is 218 Å². The van der Waals surface area contributed by atoms with E-state index in [2.05, 4.69) is 273 Å². The minimum absolute atomic E-state index is 0.172. The van der Waals surface area contributed by atoms with Gasteiger partial charge in [-0.3, -0.25) is 24.9 Å². The standard InChI is InChI=1S/C27H29N5O.C26H26FN5.C22H26N6.C22H27N5O.C21H25N5O/c1-19-4-9-24-25(16-19)28-11-10-26(24)31-12-14-32(15-13-31)27-29-20(2)17-22(30-27)18-21-5-7-23(33-3)8-6-21;1-18-3-8-23-24(15-18)28-10-9-25(23)31-11-13-32(14-12-31)26-29-19(2)16-22(30-26)17-20-4-6-21(27)7-5-20;1-17-4-5-18-19(16-17)23-8-6-20(18)26-12-14-27(15-13-26)21-7-9-24-22(25-21)28-10-2-3-11-28;1-17-5-6-18-19(16-17)23-9-7-20(18)26-11-13-27(14-12-26)22-8-10-24-21(25-22)4-2-3-15-28;1-16-4-5-17-18(15-16)22-8-6-19(17)25-10-12-26(13-11-25)21-7-9-23-20(24-21)3-2-14-27/h4-11,16-17H,12-15,18H2,1-3H3;3-10,15-16H,11-14,17H2,1-2H3;4-9,16H,2-3,10-15H2,1H3;5-10,16,28H,2-4,11-15H2,1H3;4-9,15,27H,2-3,10-14H2,1H3. The van der Waals surface area contributed by atoms with E-state index in [-0.39, 0.29) is 19.0 Å². The van der Waals surface area contributed by atoms with E-state index in [1.54, 1.807) is 7.11 Å². The number of pyridine rings is 5. The molecule has 23 rings (SSSR count). The Morgan fingerprint density at radius 2 is 0.554 bits per heavy atom. The zero-order valence-corrected chi connectivity index (χ0v) is 86.3. The summed E-state index contributed by atoms with van der Waals surface area (Å²) in [5.74, 6) is 7.83. The number of fused-ring (bicyclic) bond motifs is 5. The number of nitrogens with zero attached hydrogens (tertiary/aromatic N) is 26. The van der Waals surface area contributed by atoms with E-state index in [1.807, 2.05) is 112 Å². The highest BCUT2D eigenvalue weighted by Crippen LogP contribution is 2.36. The summed E-state index contributed by atoms with van der Waals surface area (Å²) in [5, 5.41) is 24.0. The first kappa shape index (κ1) is 101. The average Bonchev–Trinajstić information content (AvgIpc) is 1.84. The van der Waals surface area contributed by atoms with E-state index in [1.165, 1.54) is 114 Å². The van der Waals surface area contributed by atoms with E-state index in [9.17, 15) is 4.39 Å². The maximum Gasteiger partial charge on any atom is 0.227 e. The first-order valence-electron chi connectivity index (χ1n) is 52.2. The van der Waals surface area contributed by atoms with Crippen LogP contribution < -0.4 is 58.6 Å². The lowest BCUT2D eigenvalue weighted by Crippen LogP contribution is -2.47. The summed E-state index contributed by atoms with van der Waals surface area (Å²) in [6, 6.07) is 67.9. The van der Waals surface area contributed by atoms with E-state index < -0.39 is 0 Å². The van der Waals surface area contributed by atoms with Gasteiger partial charge >= 0.3 is 0 Å². The lowest BCUT2D eigenvalue weighted by Gasteiger charge is -2.37. The fourth-order valence-electron chi connectivity index (χ4n) is 20.5. The number of anilines is 11. The zero-order chi connectivity index (χ0) is 102. The molecule has 29 nitrogen and oxygen atoms in total. The van der Waals surface area contributed by atoms with Crippen LogP contribution in [0.1, 0.15) is 105 Å². The number of benzene rings is 7. The third kappa shape index (κ3) is 25.4. The fourth-order valence-corrected chi connectivity index (χ4v) is 20.5. The molecule has 0 bridgehead atoms. The number of hydrogen-bond acceptors (Lipinski definition) is 29. The highest BCUT2D eigenvalue weighted by atomic mass is 19.1. The number of aliphatic hydroxyl groups excluding tert-OH is 2. The van der Waals surface area contributed by atoms with Crippen molar-refractivity contribution >= 4 is 118 Å². The molecular weight excluding hydrogens is 1850 g/mol. The second-order valence-electron chi connectivity index (χ2n) is 39.1. The predicted molar refractivity (Wildman–Crippen MR) is 596 cm³/mol. The van der Waals surface area contributed by atoms with Crippen LogP contribution in [0.5, 0.6) is 5.75 Å². The Hall–Kier alpha value is -15.6. The molecule has 6 aliphatic rings. The van der Waals surface area contributed by atoms with Crippen LogP contribution in [0, 0.1) is 54.3 Å². The van der Waals surface area contributed by atoms with Crippen molar-refractivity contribution < 1.29 is 19.3 Å². The minimum atomic E-state index is -0.219. The number of ether oxygens (including phenoxy) is 1. The van der Waals surface area contributed by atoms with Crippen molar-refractivity contribution in [2.24, 2.45) is 0 Å². The van der Waals surface area contributed by atoms with Gasteiger partial charge in [0.25, 0.3) is 0 Å². The van der Waals surface area contributed by atoms with Gasteiger partial charge in [-0.15, -0.1) is 0 Å². The first-order valence-corrected chi connectivity index (χ1v) is 52.2. The molecule has 16 heterocycles. The molecule has 10 aromatic heterocycles. The van der Waals surface area contributed by atoms with Crippen molar-refractivity contribution in [1.82, 2.24) is 74.8 Å². The number of rotatable bonds is 23. The molecule has 0 amide bonds. The SMILES string of the molecule is COc1ccc(Cc2cc(C)nc(N3CCN(c4ccnc5cc(C)ccc45)CC3)n2)cc1.Cc1ccc2c(N3CCN(c4ccnc(CCCCO)n4)CC3)ccnc2c1.Cc1ccc2c(N3CCN(c4ccnc(CCCO)n4)CC3)ccnc2c1.Cc1ccc2c(N3CCN(c4ccnc(N5CCCC5)n4)CC3)ccnc2c1.Cc1ccc2c(N3CCN(c4nc(C)cc(Cc5ccc(F)cc5)n4)CC3)ccnc2c1. The van der Waals surface area contributed by atoms with Crippen LogP contribution in [0.2, 0.25) is 0 Å². The molecule has 2 N–H and O–H groups in total. The molecule has 0 unspecified atom stereocenters. The molecule has 0 aliphatic carbocycles. The molecule has 0 atom stereocenters. The van der Waals surface area contributed by atoms with Crippen LogP contribution >= 0.6 is 0 Å². The normalized spacial score (nSPS) is 15.0. The van der Waals surface area contributed by atoms with E-state index in [0.717, 1.165) is 278 Å². The van der Waals surface area contributed by atoms with Gasteiger partial charge in [-0.25, -0.2) is 49.2 Å². The number of piperazine rings is 5. The Balaban J connectivity index is 0.000000117. The summed E-state index contributed by atoms with van der Waals surface area (Å²) >= 11 is 0. The highest BCUT2D eigenvalue weighted by molar-refractivity contribution is 5.96. The number of hydrogen-bond donors (Lipinski definition) is 2. The van der Waals surface area contributed by atoms with Gasteiger partial charge in [-0.05, 0) is 235 Å². The summed E-state index contributed by atoms with van der Waals surface area (Å²) in [6.45, 7) is 35.7. The molecule has 17 aromatic rings. The van der Waals surface area contributed by atoms with Gasteiger partial charge in [0.05, 0.1) is 46.1 Å². The van der Waals surface area contributed by atoms with E-state index >= 15 is 0 Å². The maximum atomic E-state index is 13.2.